The van der Waals surface area contributed by atoms with Crippen LogP contribution in [0.2, 0.25) is 0 Å². The van der Waals surface area contributed by atoms with Crippen LogP contribution in [0.3, 0.4) is 0 Å². The van der Waals surface area contributed by atoms with Gasteiger partial charge >= 0.3 is 0 Å². The summed E-state index contributed by atoms with van der Waals surface area (Å²) >= 11 is 0. The molecule has 0 spiro atoms. The van der Waals surface area contributed by atoms with Crippen molar-refractivity contribution in [2.45, 2.75) is 43.4 Å². The van der Waals surface area contributed by atoms with Crippen LogP contribution in [0.15, 0.2) is 42.5 Å². The van der Waals surface area contributed by atoms with Crippen LogP contribution in [-0.4, -0.2) is 69.8 Å². The van der Waals surface area contributed by atoms with E-state index in [1.54, 1.807) is 24.3 Å². The Hall–Kier alpha value is -2.82. The molecule has 34 heavy (non-hydrogen) atoms. The number of phenols is 1. The van der Waals surface area contributed by atoms with E-state index >= 15 is 0 Å². The largest absolute Gasteiger partial charge is 0.508 e. The molecule has 2 aromatic carbocycles. The molecular weight excluding hydrogens is 445 g/mol. The number of aliphatic hydroxyl groups is 3. The second kappa shape index (κ2) is 9.44. The summed E-state index contributed by atoms with van der Waals surface area (Å²) in [7, 11) is 0. The second-order valence-electron chi connectivity index (χ2n) is 8.66. The van der Waals surface area contributed by atoms with Crippen LogP contribution in [0.25, 0.3) is 21.9 Å². The van der Waals surface area contributed by atoms with Crippen molar-refractivity contribution >= 4 is 10.8 Å². The molecule has 8 nitrogen and oxygen atoms in total. The van der Waals surface area contributed by atoms with Gasteiger partial charge in [-0.15, -0.1) is 0 Å². The molecule has 0 unspecified atom stereocenters. The smallest absolute Gasteiger partial charge is 0.221 e. The third-order valence-electron chi connectivity index (χ3n) is 6.44. The zero-order valence-electron chi connectivity index (χ0n) is 18.3. The molecule has 2 fully saturated rings. The first kappa shape index (κ1) is 22.9. The van der Waals surface area contributed by atoms with Gasteiger partial charge in [-0.2, -0.15) is 0 Å². The average molecular weight is 471 g/mol. The summed E-state index contributed by atoms with van der Waals surface area (Å²) in [6.07, 6.45) is -3.69. The van der Waals surface area contributed by atoms with E-state index in [1.807, 2.05) is 0 Å². The number of hydrogen-bond acceptors (Lipinski definition) is 8. The monoisotopic (exact) mass is 471 g/mol. The van der Waals surface area contributed by atoms with Gasteiger partial charge in [-0.1, -0.05) is 12.1 Å². The highest BCUT2D eigenvalue weighted by atomic mass is 19.1. The van der Waals surface area contributed by atoms with Crippen molar-refractivity contribution in [3.63, 3.8) is 0 Å². The van der Waals surface area contributed by atoms with Crippen LogP contribution in [0.1, 0.15) is 24.5 Å². The number of aromatic hydroxyl groups is 1. The van der Waals surface area contributed by atoms with Crippen LogP contribution in [0, 0.1) is 5.82 Å². The van der Waals surface area contributed by atoms with E-state index in [4.69, 9.17) is 19.2 Å². The normalized spacial score (nSPS) is 25.6. The minimum atomic E-state index is -1.50. The number of phenolic OH excluding ortho intramolecular Hbond substituents is 1. The molecule has 3 heterocycles. The maximum atomic E-state index is 13.7. The first-order valence-electron chi connectivity index (χ1n) is 11.2. The molecule has 0 bridgehead atoms. The predicted octanol–water partition coefficient (Wildman–Crippen LogP) is 2.46. The van der Waals surface area contributed by atoms with Gasteiger partial charge < -0.3 is 34.6 Å². The average Bonchev–Trinajstić information content (AvgIpc) is 3.10. The molecule has 2 aliphatic heterocycles. The molecule has 2 saturated heterocycles. The van der Waals surface area contributed by atoms with Gasteiger partial charge in [-0.25, -0.2) is 9.37 Å². The van der Waals surface area contributed by atoms with Crippen LogP contribution in [0.5, 0.6) is 11.6 Å². The topological polar surface area (TPSA) is 122 Å². The Labute approximate surface area is 195 Å². The van der Waals surface area contributed by atoms with Gasteiger partial charge in [0, 0.05) is 30.1 Å². The highest BCUT2D eigenvalue weighted by Crippen LogP contribution is 2.42. The minimum absolute atomic E-state index is 0.0195. The van der Waals surface area contributed by atoms with Crippen molar-refractivity contribution in [3.8, 4) is 22.8 Å². The number of ether oxygens (including phenoxy) is 3. The zero-order valence-corrected chi connectivity index (χ0v) is 18.3. The molecule has 180 valence electrons. The molecule has 0 aliphatic carbocycles. The predicted molar refractivity (Wildman–Crippen MR) is 120 cm³/mol. The standard InChI is InChI=1S/C25H26FNO7/c26-15-3-1-13(2-4-15)20-17-6-5-16(28)11-18(17)24(27-21(20)14-7-9-32-10-8-14)33-12-19-22(29)23(30)25(31)34-19/h1-6,11,14,19,22-23,25,28-31H,7-10,12H2/t19-,22-,23-,25-/m1/s1. The Morgan fingerprint density at radius 3 is 2.38 bits per heavy atom. The lowest BCUT2D eigenvalue weighted by Gasteiger charge is -2.26. The Kier molecular flexibility index (Phi) is 6.37. The quantitative estimate of drug-likeness (QED) is 0.448. The molecule has 3 aromatic rings. The van der Waals surface area contributed by atoms with Gasteiger partial charge in [0.05, 0.1) is 5.69 Å². The maximum Gasteiger partial charge on any atom is 0.221 e. The Morgan fingerprint density at radius 1 is 0.971 bits per heavy atom. The summed E-state index contributed by atoms with van der Waals surface area (Å²) in [6.45, 7) is 1.02. The SMILES string of the molecule is Oc1ccc2c(-c3ccc(F)cc3)c(C3CCOCC3)nc(OC[C@H]3O[C@@H](O)[C@H](O)[C@@H]3O)c2c1. The van der Waals surface area contributed by atoms with Crippen molar-refractivity contribution in [3.05, 3.63) is 54.0 Å². The van der Waals surface area contributed by atoms with E-state index in [0.717, 1.165) is 35.0 Å². The molecule has 2 aliphatic rings. The van der Waals surface area contributed by atoms with Crippen LogP contribution in [-0.2, 0) is 9.47 Å². The number of aromatic nitrogens is 1. The molecule has 4 atom stereocenters. The lowest BCUT2D eigenvalue weighted by Crippen LogP contribution is -2.35. The van der Waals surface area contributed by atoms with E-state index in [-0.39, 0.29) is 30.0 Å². The third-order valence-corrected chi connectivity index (χ3v) is 6.44. The van der Waals surface area contributed by atoms with Gasteiger partial charge in [-0.05, 0) is 54.1 Å². The van der Waals surface area contributed by atoms with Crippen molar-refractivity contribution in [1.82, 2.24) is 4.98 Å². The minimum Gasteiger partial charge on any atom is -0.508 e. The third kappa shape index (κ3) is 4.33. The molecule has 4 N–H and O–H groups in total. The van der Waals surface area contributed by atoms with Crippen LogP contribution < -0.4 is 4.74 Å². The molecule has 1 aromatic heterocycles. The second-order valence-corrected chi connectivity index (χ2v) is 8.66. The number of hydrogen-bond donors (Lipinski definition) is 4. The summed E-state index contributed by atoms with van der Waals surface area (Å²) in [6, 6.07) is 11.1. The van der Waals surface area contributed by atoms with Gasteiger partial charge in [0.1, 0.15) is 36.5 Å². The van der Waals surface area contributed by atoms with Gasteiger partial charge in [-0.3, -0.25) is 0 Å². The van der Waals surface area contributed by atoms with Crippen molar-refractivity contribution in [2.75, 3.05) is 19.8 Å². The number of nitrogens with zero attached hydrogens (tertiary/aromatic N) is 1. The molecule has 9 heteroatoms. The van der Waals surface area contributed by atoms with E-state index in [1.165, 1.54) is 18.2 Å². The summed E-state index contributed by atoms with van der Waals surface area (Å²) in [5.41, 5.74) is 2.40. The van der Waals surface area contributed by atoms with E-state index in [0.29, 0.717) is 18.6 Å². The Morgan fingerprint density at radius 2 is 1.71 bits per heavy atom. The zero-order chi connectivity index (χ0) is 23.8. The van der Waals surface area contributed by atoms with Crippen molar-refractivity contribution in [1.29, 1.82) is 0 Å². The number of rotatable bonds is 5. The fourth-order valence-corrected chi connectivity index (χ4v) is 4.61. The van der Waals surface area contributed by atoms with Crippen molar-refractivity contribution < 1.29 is 39.0 Å². The van der Waals surface area contributed by atoms with Crippen LogP contribution >= 0.6 is 0 Å². The molecule has 0 amide bonds. The highest BCUT2D eigenvalue weighted by molar-refractivity contribution is 6.01. The number of aliphatic hydroxyl groups excluding tert-OH is 3. The fourth-order valence-electron chi connectivity index (χ4n) is 4.61. The lowest BCUT2D eigenvalue weighted by molar-refractivity contribution is -0.131. The summed E-state index contributed by atoms with van der Waals surface area (Å²) in [4.78, 5) is 4.84. The van der Waals surface area contributed by atoms with Crippen molar-refractivity contribution in [2.24, 2.45) is 0 Å². The summed E-state index contributed by atoms with van der Waals surface area (Å²) < 4.78 is 30.3. The first-order chi connectivity index (χ1) is 16.4. The lowest BCUT2D eigenvalue weighted by atomic mass is 9.87. The van der Waals surface area contributed by atoms with Gasteiger partial charge in [0.15, 0.2) is 6.29 Å². The van der Waals surface area contributed by atoms with E-state index in [2.05, 4.69) is 0 Å². The molecular formula is C25H26FNO7. The van der Waals surface area contributed by atoms with Crippen LogP contribution in [0.4, 0.5) is 4.39 Å². The number of benzene rings is 2. The highest BCUT2D eigenvalue weighted by Gasteiger charge is 2.42. The Balaban J connectivity index is 1.61. The molecule has 0 saturated carbocycles. The van der Waals surface area contributed by atoms with E-state index in [9.17, 15) is 24.8 Å². The Bertz CT molecular complexity index is 1170. The maximum absolute atomic E-state index is 13.7. The number of fused-ring (bicyclic) bond motifs is 1. The summed E-state index contributed by atoms with van der Waals surface area (Å²) in [5.74, 6) is -0.0204. The fraction of sp³-hybridized carbons (Fsp3) is 0.400. The summed E-state index contributed by atoms with van der Waals surface area (Å²) in [5, 5.41) is 41.0. The van der Waals surface area contributed by atoms with Gasteiger partial charge in [0.2, 0.25) is 5.88 Å². The molecule has 5 rings (SSSR count). The molecule has 0 radical (unpaired) electrons. The number of pyridine rings is 1. The first-order valence-corrected chi connectivity index (χ1v) is 11.2. The van der Waals surface area contributed by atoms with E-state index < -0.39 is 24.6 Å². The van der Waals surface area contributed by atoms with Gasteiger partial charge in [0.25, 0.3) is 0 Å². The number of halogens is 1.